The van der Waals surface area contributed by atoms with Crippen LogP contribution in [-0.2, 0) is 0 Å². The lowest BCUT2D eigenvalue weighted by atomic mass is 10.1. The molecule has 0 spiro atoms. The molecular weight excluding hydrogens is 251 g/mol. The minimum absolute atomic E-state index is 0.0896. The number of aromatic carboxylic acids is 1. The number of aromatic nitrogens is 1. The van der Waals surface area contributed by atoms with Gasteiger partial charge in [0.25, 0.3) is 0 Å². The van der Waals surface area contributed by atoms with Gasteiger partial charge in [-0.3, -0.25) is 4.98 Å². The second kappa shape index (κ2) is 4.17. The molecule has 0 unspecified atom stereocenters. The summed E-state index contributed by atoms with van der Waals surface area (Å²) in [6.45, 7) is 0. The lowest BCUT2D eigenvalue weighted by molar-refractivity contribution is -0.274. The number of carboxylic acid groups (broad SMARTS) is 1. The van der Waals surface area contributed by atoms with Crippen LogP contribution in [0.15, 0.2) is 30.5 Å². The molecule has 0 atom stereocenters. The zero-order chi connectivity index (χ0) is 13.3. The summed E-state index contributed by atoms with van der Waals surface area (Å²) in [5.74, 6) is -1.77. The Morgan fingerprint density at radius 2 is 2.00 bits per heavy atom. The third kappa shape index (κ3) is 2.34. The van der Waals surface area contributed by atoms with E-state index < -0.39 is 18.1 Å². The van der Waals surface area contributed by atoms with Crippen LogP contribution in [0, 0.1) is 0 Å². The summed E-state index contributed by atoms with van der Waals surface area (Å²) < 4.78 is 40.3. The molecule has 1 heterocycles. The second-order valence-corrected chi connectivity index (χ2v) is 3.36. The van der Waals surface area contributed by atoms with Gasteiger partial charge in [-0.25, -0.2) is 4.79 Å². The number of hydrogen-bond donors (Lipinski definition) is 1. The highest BCUT2D eigenvalue weighted by molar-refractivity contribution is 6.04. The number of ether oxygens (including phenoxy) is 1. The largest absolute Gasteiger partial charge is 0.573 e. The fourth-order valence-electron chi connectivity index (χ4n) is 1.54. The van der Waals surface area contributed by atoms with E-state index in [4.69, 9.17) is 5.11 Å². The number of pyridine rings is 1. The highest BCUT2D eigenvalue weighted by Gasteiger charge is 2.32. The van der Waals surface area contributed by atoms with Crippen LogP contribution in [0.4, 0.5) is 13.2 Å². The first kappa shape index (κ1) is 12.2. The van der Waals surface area contributed by atoms with Crippen molar-refractivity contribution in [2.45, 2.75) is 6.36 Å². The summed E-state index contributed by atoms with van der Waals surface area (Å²) >= 11 is 0. The Balaban J connectivity index is 2.65. The van der Waals surface area contributed by atoms with Gasteiger partial charge < -0.3 is 9.84 Å². The van der Waals surface area contributed by atoms with Crippen molar-refractivity contribution in [2.24, 2.45) is 0 Å². The topological polar surface area (TPSA) is 59.4 Å². The van der Waals surface area contributed by atoms with Crippen LogP contribution in [0.1, 0.15) is 10.4 Å². The average Bonchev–Trinajstić information content (AvgIpc) is 2.27. The number of nitrogens with zero attached hydrogens (tertiary/aromatic N) is 1. The van der Waals surface area contributed by atoms with Gasteiger partial charge in [-0.1, -0.05) is 6.07 Å². The maximum absolute atomic E-state index is 12.2. The van der Waals surface area contributed by atoms with E-state index in [0.29, 0.717) is 0 Å². The Morgan fingerprint density at radius 1 is 1.28 bits per heavy atom. The summed E-state index contributed by atoms with van der Waals surface area (Å²) in [4.78, 5) is 14.6. The molecule has 0 saturated carbocycles. The van der Waals surface area contributed by atoms with Gasteiger partial charge in [0.15, 0.2) is 5.75 Å². The van der Waals surface area contributed by atoms with Crippen molar-refractivity contribution in [1.82, 2.24) is 4.98 Å². The molecular formula is C11H6F3NO3. The molecule has 1 aromatic carbocycles. The molecule has 4 nitrogen and oxygen atoms in total. The van der Waals surface area contributed by atoms with Gasteiger partial charge in [0, 0.05) is 11.6 Å². The molecule has 0 aliphatic rings. The van der Waals surface area contributed by atoms with Crippen LogP contribution < -0.4 is 4.74 Å². The van der Waals surface area contributed by atoms with E-state index in [1.165, 1.54) is 18.3 Å². The maximum Gasteiger partial charge on any atom is 0.573 e. The van der Waals surface area contributed by atoms with Gasteiger partial charge in [0.1, 0.15) is 5.52 Å². The Kier molecular flexibility index (Phi) is 2.82. The molecule has 0 bridgehead atoms. The summed E-state index contributed by atoms with van der Waals surface area (Å²) in [6.07, 6.45) is -3.59. The highest BCUT2D eigenvalue weighted by Crippen LogP contribution is 2.30. The molecule has 0 aliphatic heterocycles. The van der Waals surface area contributed by atoms with E-state index in [-0.39, 0.29) is 16.5 Å². The molecule has 7 heteroatoms. The number of hydrogen-bond acceptors (Lipinski definition) is 3. The van der Waals surface area contributed by atoms with E-state index in [2.05, 4.69) is 9.72 Å². The predicted octanol–water partition coefficient (Wildman–Crippen LogP) is 2.83. The van der Waals surface area contributed by atoms with E-state index >= 15 is 0 Å². The minimum atomic E-state index is -4.85. The number of carbonyl (C=O) groups is 1. The Labute approximate surface area is 98.6 Å². The zero-order valence-corrected chi connectivity index (χ0v) is 8.73. The molecule has 1 aromatic heterocycles. The van der Waals surface area contributed by atoms with Crippen LogP contribution in [0.5, 0.6) is 5.75 Å². The molecule has 18 heavy (non-hydrogen) atoms. The first-order valence-corrected chi connectivity index (χ1v) is 4.75. The van der Waals surface area contributed by atoms with E-state index in [9.17, 15) is 18.0 Å². The molecule has 0 amide bonds. The van der Waals surface area contributed by atoms with Gasteiger partial charge in [-0.2, -0.15) is 0 Å². The standard InChI is InChI=1S/C11H6F3NO3/c12-11(13,14)18-8-4-3-7(10(16)17)6-2-1-5-15-9(6)8/h1-5H,(H,16,17). The first-order valence-electron chi connectivity index (χ1n) is 4.75. The van der Waals surface area contributed by atoms with E-state index in [1.807, 2.05) is 0 Å². The van der Waals surface area contributed by atoms with Gasteiger partial charge in [-0.05, 0) is 18.2 Å². The van der Waals surface area contributed by atoms with Gasteiger partial charge >= 0.3 is 12.3 Å². The van der Waals surface area contributed by atoms with Crippen molar-refractivity contribution in [3.05, 3.63) is 36.0 Å². The first-order chi connectivity index (χ1) is 8.38. The van der Waals surface area contributed by atoms with Crippen LogP contribution in [0.3, 0.4) is 0 Å². The molecule has 0 radical (unpaired) electrons. The lowest BCUT2D eigenvalue weighted by Gasteiger charge is -2.11. The predicted molar refractivity (Wildman–Crippen MR) is 55.4 cm³/mol. The molecule has 2 aromatic rings. The van der Waals surface area contributed by atoms with Crippen molar-refractivity contribution >= 4 is 16.9 Å². The minimum Gasteiger partial charge on any atom is -0.478 e. The third-order valence-electron chi connectivity index (χ3n) is 2.19. The van der Waals surface area contributed by atoms with Crippen LogP contribution in [0.25, 0.3) is 10.9 Å². The van der Waals surface area contributed by atoms with Gasteiger partial charge in [-0.15, -0.1) is 13.2 Å². The van der Waals surface area contributed by atoms with E-state index in [1.54, 1.807) is 0 Å². The molecule has 94 valence electrons. The Morgan fingerprint density at radius 3 is 2.61 bits per heavy atom. The fourth-order valence-corrected chi connectivity index (χ4v) is 1.54. The van der Waals surface area contributed by atoms with Gasteiger partial charge in [0.2, 0.25) is 0 Å². The second-order valence-electron chi connectivity index (χ2n) is 3.36. The van der Waals surface area contributed by atoms with Crippen LogP contribution in [0.2, 0.25) is 0 Å². The summed E-state index contributed by atoms with van der Waals surface area (Å²) in [5, 5.41) is 9.01. The summed E-state index contributed by atoms with van der Waals surface area (Å²) in [5.41, 5.74) is -0.276. The number of rotatable bonds is 2. The molecule has 0 fully saturated rings. The number of halogens is 3. The maximum atomic E-state index is 12.2. The zero-order valence-electron chi connectivity index (χ0n) is 8.73. The van der Waals surface area contributed by atoms with E-state index in [0.717, 1.165) is 12.1 Å². The van der Waals surface area contributed by atoms with Crippen molar-refractivity contribution in [3.63, 3.8) is 0 Å². The highest BCUT2D eigenvalue weighted by atomic mass is 19.4. The quantitative estimate of drug-likeness (QED) is 0.898. The SMILES string of the molecule is O=C(O)c1ccc(OC(F)(F)F)c2ncccc12. The number of benzene rings is 1. The Hall–Kier alpha value is -2.31. The molecule has 0 saturated heterocycles. The van der Waals surface area contributed by atoms with Crippen molar-refractivity contribution < 1.29 is 27.8 Å². The van der Waals surface area contributed by atoms with Crippen molar-refractivity contribution in [2.75, 3.05) is 0 Å². The number of fused-ring (bicyclic) bond motifs is 1. The fraction of sp³-hybridized carbons (Fsp3) is 0.0909. The Bertz CT molecular complexity index is 610. The molecule has 0 aliphatic carbocycles. The molecule has 2 rings (SSSR count). The van der Waals surface area contributed by atoms with Crippen LogP contribution in [-0.4, -0.2) is 22.4 Å². The van der Waals surface area contributed by atoms with Crippen molar-refractivity contribution in [3.8, 4) is 5.75 Å². The number of alkyl halides is 3. The third-order valence-corrected chi connectivity index (χ3v) is 2.19. The monoisotopic (exact) mass is 257 g/mol. The summed E-state index contributed by atoms with van der Waals surface area (Å²) in [7, 11) is 0. The lowest BCUT2D eigenvalue weighted by Crippen LogP contribution is -2.17. The van der Waals surface area contributed by atoms with Crippen LogP contribution >= 0.6 is 0 Å². The average molecular weight is 257 g/mol. The summed E-state index contributed by atoms with van der Waals surface area (Å²) in [6, 6.07) is 4.79. The molecule has 1 N–H and O–H groups in total. The number of carboxylic acids is 1. The van der Waals surface area contributed by atoms with Gasteiger partial charge in [0.05, 0.1) is 5.56 Å². The normalized spacial score (nSPS) is 11.5. The van der Waals surface area contributed by atoms with Crippen molar-refractivity contribution in [1.29, 1.82) is 0 Å². The smallest absolute Gasteiger partial charge is 0.478 e.